The number of hydrogen-bond acceptors (Lipinski definition) is 3. The molecule has 1 fully saturated rings. The molecule has 2 amide bonds. The largest absolute Gasteiger partial charge is 0.497 e. The fourth-order valence-electron chi connectivity index (χ4n) is 2.97. The molecule has 0 atom stereocenters. The molecule has 0 unspecified atom stereocenters. The number of benzene rings is 1. The van der Waals surface area contributed by atoms with E-state index in [-0.39, 0.29) is 6.03 Å². The van der Waals surface area contributed by atoms with E-state index in [0.717, 1.165) is 37.6 Å². The molecule has 5 heteroatoms. The first kappa shape index (κ1) is 18.6. The summed E-state index contributed by atoms with van der Waals surface area (Å²) >= 11 is 0. The number of methoxy groups -OCH3 is 1. The van der Waals surface area contributed by atoms with Crippen molar-refractivity contribution in [3.8, 4) is 5.75 Å². The van der Waals surface area contributed by atoms with E-state index in [4.69, 9.17) is 4.74 Å². The molecule has 2 N–H and O–H groups in total. The number of nitrogens with one attached hydrogen (secondary N) is 2. The van der Waals surface area contributed by atoms with Gasteiger partial charge in [0.15, 0.2) is 0 Å². The third kappa shape index (κ3) is 6.79. The SMILES string of the molecule is COc1ccc(CCNC(=O)NCCCN2CCC(C)CC2)cc1. The van der Waals surface area contributed by atoms with Gasteiger partial charge >= 0.3 is 6.03 Å². The third-order valence-corrected chi connectivity index (χ3v) is 4.67. The Balaban J connectivity index is 1.50. The van der Waals surface area contributed by atoms with Gasteiger partial charge in [0.05, 0.1) is 7.11 Å². The fourth-order valence-corrected chi connectivity index (χ4v) is 2.97. The Morgan fingerprint density at radius 3 is 2.50 bits per heavy atom. The van der Waals surface area contributed by atoms with Crippen LogP contribution in [0.1, 0.15) is 31.7 Å². The lowest BCUT2D eigenvalue weighted by atomic mass is 9.99. The zero-order chi connectivity index (χ0) is 17.2. The molecule has 134 valence electrons. The second-order valence-electron chi connectivity index (χ2n) is 6.66. The molecular formula is C19H31N3O2. The van der Waals surface area contributed by atoms with Crippen molar-refractivity contribution in [3.63, 3.8) is 0 Å². The van der Waals surface area contributed by atoms with Crippen LogP contribution in [0.2, 0.25) is 0 Å². The molecule has 0 aromatic heterocycles. The van der Waals surface area contributed by atoms with Crippen LogP contribution in [-0.4, -0.2) is 50.8 Å². The normalized spacial score (nSPS) is 15.9. The number of likely N-dealkylation sites (tertiary alicyclic amines) is 1. The van der Waals surface area contributed by atoms with Crippen molar-refractivity contribution in [2.45, 2.75) is 32.6 Å². The van der Waals surface area contributed by atoms with Gasteiger partial charge in [-0.2, -0.15) is 0 Å². The number of carbonyl (C=O) groups excluding carboxylic acids is 1. The maximum Gasteiger partial charge on any atom is 0.314 e. The summed E-state index contributed by atoms with van der Waals surface area (Å²) < 4.78 is 5.13. The molecule has 1 aliphatic rings. The van der Waals surface area contributed by atoms with Crippen molar-refractivity contribution in [2.24, 2.45) is 5.92 Å². The van der Waals surface area contributed by atoms with E-state index in [2.05, 4.69) is 22.5 Å². The summed E-state index contributed by atoms with van der Waals surface area (Å²) in [6, 6.07) is 7.86. The van der Waals surface area contributed by atoms with E-state index < -0.39 is 0 Å². The minimum absolute atomic E-state index is 0.0734. The highest BCUT2D eigenvalue weighted by molar-refractivity contribution is 5.73. The van der Waals surface area contributed by atoms with E-state index in [1.54, 1.807) is 7.11 Å². The van der Waals surface area contributed by atoms with Gasteiger partial charge in [-0.05, 0) is 68.9 Å². The predicted octanol–water partition coefficient (Wildman–Crippen LogP) is 2.66. The van der Waals surface area contributed by atoms with Gasteiger partial charge in [0.2, 0.25) is 0 Å². The van der Waals surface area contributed by atoms with E-state index >= 15 is 0 Å². The summed E-state index contributed by atoms with van der Waals surface area (Å²) in [4.78, 5) is 14.3. The molecule has 1 aliphatic heterocycles. The number of rotatable bonds is 8. The summed E-state index contributed by atoms with van der Waals surface area (Å²) in [6.07, 6.45) is 4.45. The highest BCUT2D eigenvalue weighted by Crippen LogP contribution is 2.15. The molecule has 24 heavy (non-hydrogen) atoms. The van der Waals surface area contributed by atoms with Gasteiger partial charge in [0, 0.05) is 13.1 Å². The zero-order valence-electron chi connectivity index (χ0n) is 15.0. The second kappa shape index (κ2) is 10.2. The highest BCUT2D eigenvalue weighted by Gasteiger charge is 2.14. The number of urea groups is 1. The summed E-state index contributed by atoms with van der Waals surface area (Å²) in [5.41, 5.74) is 1.19. The van der Waals surface area contributed by atoms with Crippen LogP contribution in [0.5, 0.6) is 5.75 Å². The van der Waals surface area contributed by atoms with Crippen LogP contribution >= 0.6 is 0 Å². The molecule has 0 saturated carbocycles. The monoisotopic (exact) mass is 333 g/mol. The van der Waals surface area contributed by atoms with Crippen molar-refractivity contribution in [3.05, 3.63) is 29.8 Å². The first-order valence-corrected chi connectivity index (χ1v) is 9.04. The van der Waals surface area contributed by atoms with Gasteiger partial charge in [-0.15, -0.1) is 0 Å². The molecule has 1 heterocycles. The molecule has 0 radical (unpaired) electrons. The Morgan fingerprint density at radius 1 is 1.17 bits per heavy atom. The summed E-state index contributed by atoms with van der Waals surface area (Å²) in [7, 11) is 1.66. The number of hydrogen-bond donors (Lipinski definition) is 2. The van der Waals surface area contributed by atoms with Crippen LogP contribution in [0, 0.1) is 5.92 Å². The molecule has 5 nitrogen and oxygen atoms in total. The Kier molecular flexibility index (Phi) is 7.89. The first-order valence-electron chi connectivity index (χ1n) is 9.04. The van der Waals surface area contributed by atoms with Crippen molar-refractivity contribution in [2.75, 3.05) is 39.8 Å². The number of nitrogens with zero attached hydrogens (tertiary/aromatic N) is 1. The van der Waals surface area contributed by atoms with E-state index in [0.29, 0.717) is 6.54 Å². The van der Waals surface area contributed by atoms with Crippen molar-refractivity contribution in [1.82, 2.24) is 15.5 Å². The Bertz CT molecular complexity index is 482. The van der Waals surface area contributed by atoms with Crippen molar-refractivity contribution >= 4 is 6.03 Å². The molecule has 0 aliphatic carbocycles. The van der Waals surface area contributed by atoms with Crippen LogP contribution < -0.4 is 15.4 Å². The van der Waals surface area contributed by atoms with Crippen LogP contribution in [0.15, 0.2) is 24.3 Å². The maximum absolute atomic E-state index is 11.8. The van der Waals surface area contributed by atoms with Gasteiger partial charge in [0.1, 0.15) is 5.75 Å². The van der Waals surface area contributed by atoms with Gasteiger partial charge in [0.25, 0.3) is 0 Å². The lowest BCUT2D eigenvalue weighted by Crippen LogP contribution is -2.39. The average molecular weight is 333 g/mol. The summed E-state index contributed by atoms with van der Waals surface area (Å²) in [5, 5.41) is 5.85. The van der Waals surface area contributed by atoms with Gasteiger partial charge in [-0.3, -0.25) is 0 Å². The number of carbonyl (C=O) groups is 1. The van der Waals surface area contributed by atoms with E-state index in [1.165, 1.54) is 31.5 Å². The quantitative estimate of drug-likeness (QED) is 0.719. The van der Waals surface area contributed by atoms with Gasteiger partial charge in [-0.1, -0.05) is 19.1 Å². The summed E-state index contributed by atoms with van der Waals surface area (Å²) in [5.74, 6) is 1.73. The zero-order valence-corrected chi connectivity index (χ0v) is 15.0. The number of amides is 2. The van der Waals surface area contributed by atoms with Gasteiger partial charge in [-0.25, -0.2) is 4.79 Å². The van der Waals surface area contributed by atoms with E-state index in [9.17, 15) is 4.79 Å². The smallest absolute Gasteiger partial charge is 0.314 e. The van der Waals surface area contributed by atoms with Crippen molar-refractivity contribution in [1.29, 1.82) is 0 Å². The molecular weight excluding hydrogens is 302 g/mol. The topological polar surface area (TPSA) is 53.6 Å². The van der Waals surface area contributed by atoms with Crippen LogP contribution in [0.3, 0.4) is 0 Å². The predicted molar refractivity (Wildman–Crippen MR) is 97.6 cm³/mol. The standard InChI is InChI=1S/C19H31N3O2/c1-16-9-14-22(15-10-16)13-3-11-20-19(23)21-12-8-17-4-6-18(24-2)7-5-17/h4-7,16H,3,8-15H2,1-2H3,(H2,20,21,23). The number of piperidine rings is 1. The molecule has 2 rings (SSSR count). The Labute approximate surface area is 145 Å². The highest BCUT2D eigenvalue weighted by atomic mass is 16.5. The molecule has 0 bridgehead atoms. The van der Waals surface area contributed by atoms with Gasteiger partial charge < -0.3 is 20.3 Å². The molecule has 1 aromatic carbocycles. The minimum atomic E-state index is -0.0734. The van der Waals surface area contributed by atoms with Crippen LogP contribution in [-0.2, 0) is 6.42 Å². The lowest BCUT2D eigenvalue weighted by molar-refractivity contribution is 0.190. The van der Waals surface area contributed by atoms with E-state index in [1.807, 2.05) is 24.3 Å². The maximum atomic E-state index is 11.8. The molecule has 1 saturated heterocycles. The summed E-state index contributed by atoms with van der Waals surface area (Å²) in [6.45, 7) is 7.20. The lowest BCUT2D eigenvalue weighted by Gasteiger charge is -2.30. The number of ether oxygens (including phenoxy) is 1. The van der Waals surface area contributed by atoms with Crippen LogP contribution in [0.25, 0.3) is 0 Å². The molecule has 1 aromatic rings. The minimum Gasteiger partial charge on any atom is -0.497 e. The van der Waals surface area contributed by atoms with Crippen molar-refractivity contribution < 1.29 is 9.53 Å². The molecule has 0 spiro atoms. The third-order valence-electron chi connectivity index (χ3n) is 4.67. The van der Waals surface area contributed by atoms with Crippen LogP contribution in [0.4, 0.5) is 4.79 Å². The second-order valence-corrected chi connectivity index (χ2v) is 6.66. The fraction of sp³-hybridized carbons (Fsp3) is 0.632. The average Bonchev–Trinajstić information content (AvgIpc) is 2.61. The Morgan fingerprint density at radius 2 is 1.83 bits per heavy atom. The Hall–Kier alpha value is -1.75. The first-order chi connectivity index (χ1) is 11.7.